The Labute approximate surface area is 156 Å². The van der Waals surface area contributed by atoms with Crippen molar-refractivity contribution in [3.63, 3.8) is 0 Å². The molecule has 1 aliphatic rings. The van der Waals surface area contributed by atoms with Crippen molar-refractivity contribution >= 4 is 50.5 Å². The Morgan fingerprint density at radius 2 is 1.46 bits per heavy atom. The summed E-state index contributed by atoms with van der Waals surface area (Å²) in [5.74, 6) is 0. The van der Waals surface area contributed by atoms with Gasteiger partial charge in [0.2, 0.25) is 10.0 Å². The average molecular weight is 406 g/mol. The van der Waals surface area contributed by atoms with E-state index in [4.69, 9.17) is 34.8 Å². The van der Waals surface area contributed by atoms with Crippen molar-refractivity contribution in [2.45, 2.75) is 4.90 Å². The number of halogens is 3. The van der Waals surface area contributed by atoms with Crippen LogP contribution in [-0.2, 0) is 10.0 Å². The predicted molar refractivity (Wildman–Crippen MR) is 98.9 cm³/mol. The summed E-state index contributed by atoms with van der Waals surface area (Å²) in [6.07, 6.45) is 0. The molecule has 0 saturated carbocycles. The number of hydrogen-bond acceptors (Lipinski definition) is 3. The van der Waals surface area contributed by atoms with E-state index < -0.39 is 10.0 Å². The van der Waals surface area contributed by atoms with Gasteiger partial charge in [0.25, 0.3) is 0 Å². The average Bonchev–Trinajstić information content (AvgIpc) is 2.58. The molecule has 3 rings (SSSR count). The first kappa shape index (κ1) is 17.8. The molecule has 0 radical (unpaired) electrons. The molecule has 2 aromatic rings. The van der Waals surface area contributed by atoms with Crippen LogP contribution in [0.2, 0.25) is 15.1 Å². The molecule has 128 valence electrons. The first-order valence-electron chi connectivity index (χ1n) is 7.34. The summed E-state index contributed by atoms with van der Waals surface area (Å²) in [5, 5.41) is 1.23. The standard InChI is InChI=1S/C16H15Cl3N2O2S/c17-13-6-5-12(11-15(13)19)24(22,23)21-9-7-20(8-10-21)16-4-2-1-3-14(16)18/h1-6,11H,7-10H2. The van der Waals surface area contributed by atoms with Crippen LogP contribution in [0.25, 0.3) is 0 Å². The Morgan fingerprint density at radius 3 is 2.08 bits per heavy atom. The van der Waals surface area contributed by atoms with Crippen molar-refractivity contribution in [2.75, 3.05) is 31.1 Å². The molecule has 8 heteroatoms. The van der Waals surface area contributed by atoms with Gasteiger partial charge in [-0.2, -0.15) is 4.31 Å². The van der Waals surface area contributed by atoms with Gasteiger partial charge in [0.15, 0.2) is 0 Å². The minimum Gasteiger partial charge on any atom is -0.368 e. The molecule has 0 unspecified atom stereocenters. The van der Waals surface area contributed by atoms with Crippen molar-refractivity contribution < 1.29 is 8.42 Å². The van der Waals surface area contributed by atoms with Gasteiger partial charge in [0, 0.05) is 26.2 Å². The maximum atomic E-state index is 12.7. The number of sulfonamides is 1. The SMILES string of the molecule is O=S(=O)(c1ccc(Cl)c(Cl)c1)N1CCN(c2ccccc2Cl)CC1. The molecule has 0 aliphatic carbocycles. The van der Waals surface area contributed by atoms with Crippen LogP contribution in [0.4, 0.5) is 5.69 Å². The molecule has 0 amide bonds. The topological polar surface area (TPSA) is 40.6 Å². The highest BCUT2D eigenvalue weighted by atomic mass is 35.5. The van der Waals surface area contributed by atoms with Crippen molar-refractivity contribution in [1.29, 1.82) is 0 Å². The minimum absolute atomic E-state index is 0.156. The lowest BCUT2D eigenvalue weighted by atomic mass is 10.2. The molecule has 0 bridgehead atoms. The van der Waals surface area contributed by atoms with E-state index in [2.05, 4.69) is 4.90 Å². The van der Waals surface area contributed by atoms with Gasteiger partial charge in [-0.05, 0) is 30.3 Å². The van der Waals surface area contributed by atoms with Crippen LogP contribution >= 0.6 is 34.8 Å². The highest BCUT2D eigenvalue weighted by Gasteiger charge is 2.29. The van der Waals surface area contributed by atoms with Gasteiger partial charge in [-0.15, -0.1) is 0 Å². The Morgan fingerprint density at radius 1 is 0.792 bits per heavy atom. The third-order valence-electron chi connectivity index (χ3n) is 3.96. The second kappa shape index (κ2) is 7.10. The number of hydrogen-bond donors (Lipinski definition) is 0. The van der Waals surface area contributed by atoms with Gasteiger partial charge < -0.3 is 4.90 Å². The normalized spacial score (nSPS) is 16.4. The minimum atomic E-state index is -3.59. The van der Waals surface area contributed by atoms with Crippen LogP contribution in [0.5, 0.6) is 0 Å². The summed E-state index contributed by atoms with van der Waals surface area (Å²) in [7, 11) is -3.59. The molecule has 4 nitrogen and oxygen atoms in total. The number of rotatable bonds is 3. The van der Waals surface area contributed by atoms with Crippen molar-refractivity contribution in [3.8, 4) is 0 Å². The fourth-order valence-electron chi connectivity index (χ4n) is 2.66. The molecule has 1 heterocycles. The fourth-order valence-corrected chi connectivity index (χ4v) is 4.73. The molecule has 0 aromatic heterocycles. The van der Waals surface area contributed by atoms with Crippen LogP contribution in [0.15, 0.2) is 47.4 Å². The van der Waals surface area contributed by atoms with E-state index in [1.807, 2.05) is 24.3 Å². The van der Waals surface area contributed by atoms with Gasteiger partial charge in [0.1, 0.15) is 0 Å². The molecular weight excluding hydrogens is 391 g/mol. The second-order valence-electron chi connectivity index (χ2n) is 5.42. The zero-order valence-corrected chi connectivity index (χ0v) is 15.7. The van der Waals surface area contributed by atoms with E-state index in [0.717, 1.165) is 5.69 Å². The Balaban J connectivity index is 1.76. The van der Waals surface area contributed by atoms with Crippen LogP contribution < -0.4 is 4.90 Å². The Kier molecular flexibility index (Phi) is 5.27. The largest absolute Gasteiger partial charge is 0.368 e. The maximum absolute atomic E-state index is 12.7. The van der Waals surface area contributed by atoms with Crippen molar-refractivity contribution in [2.24, 2.45) is 0 Å². The van der Waals surface area contributed by atoms with Crippen molar-refractivity contribution in [1.82, 2.24) is 4.31 Å². The maximum Gasteiger partial charge on any atom is 0.243 e. The fraction of sp³-hybridized carbons (Fsp3) is 0.250. The Bertz CT molecular complexity index is 850. The molecule has 2 aromatic carbocycles. The lowest BCUT2D eigenvalue weighted by Gasteiger charge is -2.35. The van der Waals surface area contributed by atoms with E-state index >= 15 is 0 Å². The zero-order valence-electron chi connectivity index (χ0n) is 12.6. The van der Waals surface area contributed by atoms with E-state index in [0.29, 0.717) is 36.2 Å². The molecule has 24 heavy (non-hydrogen) atoms. The lowest BCUT2D eigenvalue weighted by molar-refractivity contribution is 0.385. The smallest absolute Gasteiger partial charge is 0.243 e. The Hall–Kier alpha value is -0.980. The third kappa shape index (κ3) is 3.51. The quantitative estimate of drug-likeness (QED) is 0.770. The van der Waals surface area contributed by atoms with Gasteiger partial charge in [-0.1, -0.05) is 46.9 Å². The molecule has 0 N–H and O–H groups in total. The summed E-state index contributed by atoms with van der Waals surface area (Å²) in [4.78, 5) is 2.24. The monoisotopic (exact) mass is 404 g/mol. The molecule has 0 spiro atoms. The third-order valence-corrected chi connectivity index (χ3v) is 6.91. The zero-order chi connectivity index (χ0) is 17.3. The number of benzene rings is 2. The van der Waals surface area contributed by atoms with Crippen LogP contribution in [0.3, 0.4) is 0 Å². The summed E-state index contributed by atoms with van der Waals surface area (Å²) in [5.41, 5.74) is 0.922. The molecular formula is C16H15Cl3N2O2S. The summed E-state index contributed by atoms with van der Waals surface area (Å²) in [6.45, 7) is 1.91. The summed E-state index contributed by atoms with van der Waals surface area (Å²) >= 11 is 18.0. The van der Waals surface area contributed by atoms with Crippen molar-refractivity contribution in [3.05, 3.63) is 57.5 Å². The molecule has 1 aliphatic heterocycles. The highest BCUT2D eigenvalue weighted by Crippen LogP contribution is 2.29. The second-order valence-corrected chi connectivity index (χ2v) is 8.58. The molecule has 0 atom stereocenters. The van der Waals surface area contributed by atoms with Gasteiger partial charge >= 0.3 is 0 Å². The molecule has 1 saturated heterocycles. The van der Waals surface area contributed by atoms with Gasteiger partial charge in [-0.25, -0.2) is 8.42 Å². The number of piperazine rings is 1. The summed E-state index contributed by atoms with van der Waals surface area (Å²) in [6, 6.07) is 11.9. The predicted octanol–water partition coefficient (Wildman–Crippen LogP) is 4.16. The number of anilines is 1. The number of para-hydroxylation sites is 1. The van der Waals surface area contributed by atoms with E-state index in [9.17, 15) is 8.42 Å². The van der Waals surface area contributed by atoms with E-state index in [1.165, 1.54) is 22.5 Å². The van der Waals surface area contributed by atoms with E-state index in [1.54, 1.807) is 0 Å². The van der Waals surface area contributed by atoms with Gasteiger partial charge in [0.05, 0.1) is 25.7 Å². The molecule has 1 fully saturated rings. The highest BCUT2D eigenvalue weighted by molar-refractivity contribution is 7.89. The first-order chi connectivity index (χ1) is 11.4. The number of nitrogens with zero attached hydrogens (tertiary/aromatic N) is 2. The van der Waals surface area contributed by atoms with E-state index in [-0.39, 0.29) is 9.92 Å². The summed E-state index contributed by atoms with van der Waals surface area (Å²) < 4.78 is 26.9. The van der Waals surface area contributed by atoms with Gasteiger partial charge in [-0.3, -0.25) is 0 Å². The first-order valence-corrected chi connectivity index (χ1v) is 9.91. The van der Waals surface area contributed by atoms with Crippen LogP contribution in [0.1, 0.15) is 0 Å². The van der Waals surface area contributed by atoms with Crippen LogP contribution in [-0.4, -0.2) is 38.9 Å². The lowest BCUT2D eigenvalue weighted by Crippen LogP contribution is -2.48. The van der Waals surface area contributed by atoms with Crippen LogP contribution in [0, 0.1) is 0 Å².